The Hall–Kier alpha value is -3.67. The molecule has 1 aromatic carbocycles. The van der Waals surface area contributed by atoms with Gasteiger partial charge in [0.1, 0.15) is 6.26 Å². The number of carbonyl (C=O) groups excluding carboxylic acids is 2. The minimum atomic E-state index is -0.426. The minimum Gasteiger partial charge on any atom is -0.445 e. The van der Waals surface area contributed by atoms with Crippen LogP contribution in [0.3, 0.4) is 0 Å². The highest BCUT2D eigenvalue weighted by Gasteiger charge is 2.35. The maximum absolute atomic E-state index is 12.6. The van der Waals surface area contributed by atoms with Gasteiger partial charge in [0.2, 0.25) is 5.71 Å². The number of nitrogens with zero attached hydrogens (tertiary/aromatic N) is 2. The molecule has 5 rings (SSSR count). The summed E-state index contributed by atoms with van der Waals surface area (Å²) in [6, 6.07) is 11.4. The Morgan fingerprint density at radius 2 is 1.69 bits per heavy atom. The van der Waals surface area contributed by atoms with Crippen LogP contribution in [0.1, 0.15) is 11.1 Å². The number of rotatable bonds is 2. The fourth-order valence-electron chi connectivity index (χ4n) is 3.57. The van der Waals surface area contributed by atoms with E-state index in [4.69, 9.17) is 4.42 Å². The van der Waals surface area contributed by atoms with E-state index in [2.05, 4.69) is 10.3 Å². The number of fused-ring (bicyclic) bond motifs is 2. The summed E-state index contributed by atoms with van der Waals surface area (Å²) in [5.41, 5.74) is 3.38. The zero-order chi connectivity index (χ0) is 17.8. The Kier molecular flexibility index (Phi) is 2.91. The molecule has 4 aromatic rings. The van der Waals surface area contributed by atoms with Crippen molar-refractivity contribution in [1.82, 2.24) is 14.9 Å². The number of imide groups is 1. The van der Waals surface area contributed by atoms with Crippen molar-refractivity contribution >= 4 is 45.0 Å². The van der Waals surface area contributed by atoms with Gasteiger partial charge in [-0.15, -0.1) is 0 Å². The van der Waals surface area contributed by atoms with Crippen LogP contribution in [0.25, 0.3) is 33.1 Å². The van der Waals surface area contributed by atoms with Crippen molar-refractivity contribution in [2.24, 2.45) is 7.05 Å². The van der Waals surface area contributed by atoms with Crippen LogP contribution in [-0.2, 0) is 16.6 Å². The smallest absolute Gasteiger partial charge is 0.259 e. The van der Waals surface area contributed by atoms with Crippen molar-refractivity contribution in [2.75, 3.05) is 0 Å². The van der Waals surface area contributed by atoms with Crippen molar-refractivity contribution in [3.63, 3.8) is 0 Å². The van der Waals surface area contributed by atoms with E-state index in [1.165, 1.54) is 6.26 Å². The maximum atomic E-state index is 12.6. The molecule has 0 fully saturated rings. The number of aryl methyl sites for hydroxylation is 1. The molecule has 0 spiro atoms. The molecule has 1 N–H and O–H groups in total. The Bertz CT molecular complexity index is 1260. The minimum absolute atomic E-state index is 0.318. The highest BCUT2D eigenvalue weighted by molar-refractivity contribution is 6.50. The van der Waals surface area contributed by atoms with Gasteiger partial charge in [-0.2, -0.15) is 0 Å². The van der Waals surface area contributed by atoms with Crippen molar-refractivity contribution < 1.29 is 14.0 Å². The third-order valence-electron chi connectivity index (χ3n) is 4.72. The molecule has 1 aliphatic heterocycles. The zero-order valence-corrected chi connectivity index (χ0v) is 13.8. The summed E-state index contributed by atoms with van der Waals surface area (Å²) in [5.74, 6) is -0.830. The average Bonchev–Trinajstić information content (AvgIpc) is 3.29. The molecule has 26 heavy (non-hydrogen) atoms. The number of pyridine rings is 1. The van der Waals surface area contributed by atoms with E-state index in [0.717, 1.165) is 16.5 Å². The standard InChI is InChI=1S/C20H13N3O3/c1-23-9-13(11-5-2-3-7-15(11)23)16-17(19(25)22-18(16)24)14-10-26-20-12(14)6-4-8-21-20/h2-10H,1H3,(H,22,24,25). The number of hydrogen-bond donors (Lipinski definition) is 1. The molecular formula is C20H13N3O3. The topological polar surface area (TPSA) is 77.1 Å². The van der Waals surface area contributed by atoms with E-state index in [-0.39, 0.29) is 0 Å². The second kappa shape index (κ2) is 5.16. The van der Waals surface area contributed by atoms with Gasteiger partial charge in [-0.3, -0.25) is 14.9 Å². The summed E-state index contributed by atoms with van der Waals surface area (Å²) in [6.07, 6.45) is 4.98. The van der Waals surface area contributed by atoms with E-state index in [1.54, 1.807) is 12.3 Å². The lowest BCUT2D eigenvalue weighted by molar-refractivity contribution is -0.122. The molecule has 3 aromatic heterocycles. The first-order valence-corrected chi connectivity index (χ1v) is 8.12. The SMILES string of the molecule is Cn1cc(C2=C(c3coc4ncccc34)C(=O)NC2=O)c2ccccc21. The molecule has 0 radical (unpaired) electrons. The molecule has 6 nitrogen and oxygen atoms in total. The van der Waals surface area contributed by atoms with Crippen LogP contribution in [0.5, 0.6) is 0 Å². The molecule has 0 saturated heterocycles. The van der Waals surface area contributed by atoms with Gasteiger partial charge in [-0.05, 0) is 18.2 Å². The van der Waals surface area contributed by atoms with Crippen molar-refractivity contribution in [3.05, 3.63) is 66.2 Å². The van der Waals surface area contributed by atoms with Crippen LogP contribution in [0.4, 0.5) is 0 Å². The molecule has 0 bridgehead atoms. The Balaban J connectivity index is 1.87. The van der Waals surface area contributed by atoms with Crippen LogP contribution < -0.4 is 5.32 Å². The molecule has 0 aliphatic carbocycles. The van der Waals surface area contributed by atoms with Crippen LogP contribution in [0, 0.1) is 0 Å². The van der Waals surface area contributed by atoms with Gasteiger partial charge in [0.25, 0.3) is 11.8 Å². The van der Waals surface area contributed by atoms with E-state index in [9.17, 15) is 9.59 Å². The number of hydrogen-bond acceptors (Lipinski definition) is 4. The molecule has 0 atom stereocenters. The number of aromatic nitrogens is 2. The van der Waals surface area contributed by atoms with E-state index in [0.29, 0.717) is 27.8 Å². The number of furan rings is 1. The second-order valence-corrected chi connectivity index (χ2v) is 6.21. The van der Waals surface area contributed by atoms with Gasteiger partial charge >= 0.3 is 0 Å². The van der Waals surface area contributed by atoms with E-state index in [1.807, 2.05) is 48.1 Å². The fraction of sp³-hybridized carbons (Fsp3) is 0.0500. The Labute approximate surface area is 147 Å². The lowest BCUT2D eigenvalue weighted by Crippen LogP contribution is -2.22. The summed E-state index contributed by atoms with van der Waals surface area (Å²) in [4.78, 5) is 29.4. The summed E-state index contributed by atoms with van der Waals surface area (Å²) in [5, 5.41) is 4.03. The molecular weight excluding hydrogens is 330 g/mol. The van der Waals surface area contributed by atoms with Gasteiger partial charge in [0, 0.05) is 46.9 Å². The predicted molar refractivity (Wildman–Crippen MR) is 96.9 cm³/mol. The number of carbonyl (C=O) groups is 2. The molecule has 126 valence electrons. The van der Waals surface area contributed by atoms with E-state index < -0.39 is 11.8 Å². The maximum Gasteiger partial charge on any atom is 0.259 e. The third kappa shape index (κ3) is 1.89. The first-order chi connectivity index (χ1) is 12.6. The summed E-state index contributed by atoms with van der Waals surface area (Å²) < 4.78 is 7.42. The van der Waals surface area contributed by atoms with Crippen LogP contribution in [0.15, 0.2) is 59.5 Å². The molecule has 6 heteroatoms. The zero-order valence-electron chi connectivity index (χ0n) is 13.8. The van der Waals surface area contributed by atoms with Crippen LogP contribution >= 0.6 is 0 Å². The number of nitrogens with one attached hydrogen (secondary N) is 1. The fourth-order valence-corrected chi connectivity index (χ4v) is 3.57. The Morgan fingerprint density at radius 3 is 2.54 bits per heavy atom. The first-order valence-electron chi connectivity index (χ1n) is 8.12. The lowest BCUT2D eigenvalue weighted by atomic mass is 9.96. The second-order valence-electron chi connectivity index (χ2n) is 6.21. The average molecular weight is 343 g/mol. The number of benzene rings is 1. The van der Waals surface area contributed by atoms with Crippen LogP contribution in [-0.4, -0.2) is 21.4 Å². The Morgan fingerprint density at radius 1 is 0.962 bits per heavy atom. The van der Waals surface area contributed by atoms with Crippen molar-refractivity contribution in [1.29, 1.82) is 0 Å². The quantitative estimate of drug-likeness (QED) is 0.568. The molecule has 2 amide bonds. The van der Waals surface area contributed by atoms with Gasteiger partial charge in [0.05, 0.1) is 11.1 Å². The van der Waals surface area contributed by atoms with Gasteiger partial charge in [-0.1, -0.05) is 18.2 Å². The summed E-state index contributed by atoms with van der Waals surface area (Å²) >= 11 is 0. The predicted octanol–water partition coefficient (Wildman–Crippen LogP) is 2.89. The molecule has 1 aliphatic rings. The van der Waals surface area contributed by atoms with Gasteiger partial charge in [-0.25, -0.2) is 4.98 Å². The van der Waals surface area contributed by atoms with Gasteiger partial charge < -0.3 is 8.98 Å². The third-order valence-corrected chi connectivity index (χ3v) is 4.72. The highest BCUT2D eigenvalue weighted by Crippen LogP contribution is 2.38. The van der Waals surface area contributed by atoms with Crippen molar-refractivity contribution in [3.8, 4) is 0 Å². The molecule has 4 heterocycles. The largest absolute Gasteiger partial charge is 0.445 e. The monoisotopic (exact) mass is 343 g/mol. The number of para-hydroxylation sites is 1. The normalized spacial score (nSPS) is 14.7. The van der Waals surface area contributed by atoms with E-state index >= 15 is 0 Å². The first kappa shape index (κ1) is 14.7. The lowest BCUT2D eigenvalue weighted by Gasteiger charge is -2.02. The number of amides is 2. The molecule has 0 saturated carbocycles. The summed E-state index contributed by atoms with van der Waals surface area (Å²) in [6.45, 7) is 0. The van der Waals surface area contributed by atoms with Gasteiger partial charge in [0.15, 0.2) is 0 Å². The van der Waals surface area contributed by atoms with Crippen LogP contribution in [0.2, 0.25) is 0 Å². The van der Waals surface area contributed by atoms with Crippen molar-refractivity contribution in [2.45, 2.75) is 0 Å². The summed E-state index contributed by atoms with van der Waals surface area (Å²) in [7, 11) is 1.91. The highest BCUT2D eigenvalue weighted by atomic mass is 16.3. The molecule has 0 unspecified atom stereocenters.